The molecule has 0 bridgehead atoms. The number of nitrogens with zero attached hydrogens (tertiary/aromatic N) is 1. The Hall–Kier alpha value is -1.93. The molecule has 1 aliphatic heterocycles. The Bertz CT molecular complexity index is 770. The van der Waals surface area contributed by atoms with E-state index in [4.69, 9.17) is 0 Å². The standard InChI is InChI=1S/C14H14F2N2O3S/c15-14(16)21-11-3-1-4-12(7-11)22(19,20)18-6-2-5-13(18)10-8-17-9-10/h1-7,10,14,17H,8-9H2. The minimum absolute atomic E-state index is 0.0876. The largest absolute Gasteiger partial charge is 0.435 e. The Balaban J connectivity index is 1.98. The first-order chi connectivity index (χ1) is 10.5. The van der Waals surface area contributed by atoms with Crippen molar-refractivity contribution in [3.63, 3.8) is 0 Å². The molecule has 1 aliphatic rings. The summed E-state index contributed by atoms with van der Waals surface area (Å²) >= 11 is 0. The zero-order chi connectivity index (χ0) is 15.7. The monoisotopic (exact) mass is 328 g/mol. The zero-order valence-corrected chi connectivity index (χ0v) is 12.3. The van der Waals surface area contributed by atoms with Gasteiger partial charge in [-0.1, -0.05) is 6.07 Å². The van der Waals surface area contributed by atoms with Crippen LogP contribution in [-0.4, -0.2) is 32.1 Å². The van der Waals surface area contributed by atoms with Gasteiger partial charge in [-0.05, 0) is 24.3 Å². The van der Waals surface area contributed by atoms with Gasteiger partial charge in [0.1, 0.15) is 5.75 Å². The highest BCUT2D eigenvalue weighted by Gasteiger charge is 2.27. The Labute approximate surface area is 126 Å². The molecule has 1 N–H and O–H groups in total. The molecule has 1 fully saturated rings. The first-order valence-corrected chi connectivity index (χ1v) is 8.11. The molecule has 0 aliphatic carbocycles. The average Bonchev–Trinajstić information content (AvgIpc) is 2.86. The summed E-state index contributed by atoms with van der Waals surface area (Å²) in [4.78, 5) is -0.0876. The van der Waals surface area contributed by atoms with Gasteiger partial charge in [-0.25, -0.2) is 12.4 Å². The molecule has 0 unspecified atom stereocenters. The van der Waals surface area contributed by atoms with Crippen molar-refractivity contribution < 1.29 is 21.9 Å². The van der Waals surface area contributed by atoms with Gasteiger partial charge in [0.15, 0.2) is 0 Å². The van der Waals surface area contributed by atoms with Crippen LogP contribution in [0.3, 0.4) is 0 Å². The van der Waals surface area contributed by atoms with E-state index >= 15 is 0 Å². The van der Waals surface area contributed by atoms with E-state index in [-0.39, 0.29) is 16.6 Å². The summed E-state index contributed by atoms with van der Waals surface area (Å²) in [6, 6.07) is 8.53. The van der Waals surface area contributed by atoms with E-state index in [1.807, 2.05) is 0 Å². The molecule has 5 nitrogen and oxygen atoms in total. The molecule has 1 aromatic heterocycles. The molecule has 1 aromatic carbocycles. The number of ether oxygens (including phenoxy) is 1. The van der Waals surface area contributed by atoms with Crippen molar-refractivity contribution in [2.45, 2.75) is 17.4 Å². The van der Waals surface area contributed by atoms with Gasteiger partial charge < -0.3 is 10.1 Å². The molecule has 0 atom stereocenters. The predicted octanol–water partition coefficient (Wildman–Crippen LogP) is 2.01. The van der Waals surface area contributed by atoms with Crippen molar-refractivity contribution >= 4 is 10.0 Å². The molecular formula is C14H14F2N2O3S. The van der Waals surface area contributed by atoms with Crippen LogP contribution in [0.5, 0.6) is 5.75 Å². The van der Waals surface area contributed by atoms with E-state index in [0.717, 1.165) is 6.07 Å². The van der Waals surface area contributed by atoms with E-state index in [0.29, 0.717) is 18.8 Å². The smallest absolute Gasteiger partial charge is 0.387 e. The second-order valence-corrected chi connectivity index (χ2v) is 6.76. The van der Waals surface area contributed by atoms with Gasteiger partial charge in [0.05, 0.1) is 4.90 Å². The first kappa shape index (κ1) is 15.0. The average molecular weight is 328 g/mol. The van der Waals surface area contributed by atoms with Gasteiger partial charge in [0.2, 0.25) is 0 Å². The van der Waals surface area contributed by atoms with E-state index in [2.05, 4.69) is 10.1 Å². The van der Waals surface area contributed by atoms with Crippen LogP contribution in [0.15, 0.2) is 47.5 Å². The van der Waals surface area contributed by atoms with Gasteiger partial charge >= 0.3 is 6.61 Å². The highest BCUT2D eigenvalue weighted by Crippen LogP contribution is 2.26. The SMILES string of the molecule is O=S(=O)(c1cccc(OC(F)F)c1)n1cccc1C1CNC1. The summed E-state index contributed by atoms with van der Waals surface area (Å²) in [5.74, 6) is -0.0552. The van der Waals surface area contributed by atoms with Gasteiger partial charge in [0.25, 0.3) is 10.0 Å². The summed E-state index contributed by atoms with van der Waals surface area (Å²) in [7, 11) is -3.84. The molecule has 2 heterocycles. The van der Waals surface area contributed by atoms with E-state index < -0.39 is 16.6 Å². The van der Waals surface area contributed by atoms with Crippen LogP contribution in [0.25, 0.3) is 0 Å². The molecule has 2 aromatic rings. The maximum absolute atomic E-state index is 12.7. The number of hydrogen-bond acceptors (Lipinski definition) is 4. The van der Waals surface area contributed by atoms with E-state index in [1.54, 1.807) is 12.1 Å². The molecule has 8 heteroatoms. The summed E-state index contributed by atoms with van der Waals surface area (Å²) in [6.07, 6.45) is 1.46. The van der Waals surface area contributed by atoms with E-state index in [1.165, 1.54) is 28.4 Å². The zero-order valence-electron chi connectivity index (χ0n) is 11.4. The molecule has 3 rings (SSSR count). The molecule has 0 saturated carbocycles. The van der Waals surface area contributed by atoms with Crippen molar-refractivity contribution in [3.8, 4) is 5.75 Å². The number of benzene rings is 1. The normalized spacial score (nSPS) is 15.8. The summed E-state index contributed by atoms with van der Waals surface area (Å²) in [5, 5.41) is 3.09. The maximum atomic E-state index is 12.7. The quantitative estimate of drug-likeness (QED) is 0.912. The molecule has 0 amide bonds. The third-order valence-electron chi connectivity index (χ3n) is 3.53. The number of rotatable bonds is 5. The highest BCUT2D eigenvalue weighted by molar-refractivity contribution is 7.90. The van der Waals surface area contributed by atoms with E-state index in [9.17, 15) is 17.2 Å². The van der Waals surface area contributed by atoms with Gasteiger partial charge in [-0.15, -0.1) is 0 Å². The molecule has 22 heavy (non-hydrogen) atoms. The fraction of sp³-hybridized carbons (Fsp3) is 0.286. The number of halogens is 2. The van der Waals surface area contributed by atoms with Crippen LogP contribution < -0.4 is 10.1 Å². The van der Waals surface area contributed by atoms with Crippen molar-refractivity contribution in [2.24, 2.45) is 0 Å². The molecule has 0 spiro atoms. The summed E-state index contributed by atoms with van der Waals surface area (Å²) in [5.41, 5.74) is 0.680. The molecule has 1 saturated heterocycles. The Morgan fingerprint density at radius 2 is 2.00 bits per heavy atom. The van der Waals surface area contributed by atoms with Crippen LogP contribution in [0, 0.1) is 0 Å². The third kappa shape index (κ3) is 2.71. The lowest BCUT2D eigenvalue weighted by atomic mass is 10.00. The van der Waals surface area contributed by atoms with Crippen LogP contribution in [0.2, 0.25) is 0 Å². The predicted molar refractivity (Wildman–Crippen MR) is 75.7 cm³/mol. The summed E-state index contributed by atoms with van der Waals surface area (Å²) in [6.45, 7) is -1.57. The summed E-state index contributed by atoms with van der Waals surface area (Å²) < 4.78 is 55.4. The first-order valence-electron chi connectivity index (χ1n) is 6.67. The Morgan fingerprint density at radius 3 is 2.64 bits per heavy atom. The molecule has 118 valence electrons. The van der Waals surface area contributed by atoms with Gasteiger partial charge in [0, 0.05) is 37.0 Å². The minimum atomic E-state index is -3.84. The van der Waals surface area contributed by atoms with Crippen LogP contribution >= 0.6 is 0 Å². The lowest BCUT2D eigenvalue weighted by molar-refractivity contribution is -0.0499. The Kier molecular flexibility index (Phi) is 3.88. The topological polar surface area (TPSA) is 60.3 Å². The fourth-order valence-electron chi connectivity index (χ4n) is 2.34. The molecular weight excluding hydrogens is 314 g/mol. The van der Waals surface area contributed by atoms with Crippen LogP contribution in [0.4, 0.5) is 8.78 Å². The lowest BCUT2D eigenvalue weighted by Gasteiger charge is -2.28. The number of nitrogens with one attached hydrogen (secondary N) is 1. The van der Waals surface area contributed by atoms with Gasteiger partial charge in [-0.2, -0.15) is 8.78 Å². The van der Waals surface area contributed by atoms with Gasteiger partial charge in [-0.3, -0.25) is 0 Å². The number of aromatic nitrogens is 1. The van der Waals surface area contributed by atoms with Crippen LogP contribution in [-0.2, 0) is 10.0 Å². The number of alkyl halides is 2. The molecule has 0 radical (unpaired) electrons. The second kappa shape index (κ2) is 5.69. The fourth-order valence-corrected chi connectivity index (χ4v) is 3.80. The minimum Gasteiger partial charge on any atom is -0.435 e. The van der Waals surface area contributed by atoms with Crippen molar-refractivity contribution in [1.29, 1.82) is 0 Å². The maximum Gasteiger partial charge on any atom is 0.387 e. The second-order valence-electron chi connectivity index (χ2n) is 4.94. The van der Waals surface area contributed by atoms with Crippen LogP contribution in [0.1, 0.15) is 11.6 Å². The Morgan fingerprint density at radius 1 is 1.23 bits per heavy atom. The highest BCUT2D eigenvalue weighted by atomic mass is 32.2. The third-order valence-corrected chi connectivity index (χ3v) is 5.23. The number of hydrogen-bond donors (Lipinski definition) is 1. The van der Waals surface area contributed by atoms with Crippen molar-refractivity contribution in [3.05, 3.63) is 48.3 Å². The van der Waals surface area contributed by atoms with Crippen molar-refractivity contribution in [2.75, 3.05) is 13.1 Å². The lowest BCUT2D eigenvalue weighted by Crippen LogP contribution is -2.41. The van der Waals surface area contributed by atoms with Crippen molar-refractivity contribution in [1.82, 2.24) is 9.29 Å².